The average molecular weight is 491 g/mol. The zero-order chi connectivity index (χ0) is 26.6. The zero-order valence-corrected chi connectivity index (χ0v) is 19.7. The van der Waals surface area contributed by atoms with Crippen LogP contribution < -0.4 is 10.6 Å². The Balaban J connectivity index is 5.23. The Kier molecular flexibility index (Phi) is 13.4. The van der Waals surface area contributed by atoms with Crippen molar-refractivity contribution in [2.24, 2.45) is 11.8 Å². The summed E-state index contributed by atoms with van der Waals surface area (Å²) in [5, 5.41) is 41.2. The number of rotatable bonds is 17. The van der Waals surface area contributed by atoms with Crippen molar-refractivity contribution in [3.05, 3.63) is 0 Å². The van der Waals surface area contributed by atoms with E-state index in [-0.39, 0.29) is 13.1 Å². The summed E-state index contributed by atoms with van der Waals surface area (Å²) in [4.78, 5) is 71.8. The summed E-state index contributed by atoms with van der Waals surface area (Å²) in [6.07, 6.45) is 0. The molecular formula is C20H34N4O10. The van der Waals surface area contributed by atoms with Gasteiger partial charge >= 0.3 is 23.9 Å². The van der Waals surface area contributed by atoms with Gasteiger partial charge < -0.3 is 31.1 Å². The third kappa shape index (κ3) is 12.7. The fourth-order valence-electron chi connectivity index (χ4n) is 2.96. The Bertz CT molecular complexity index is 694. The van der Waals surface area contributed by atoms with Crippen molar-refractivity contribution in [2.75, 3.05) is 39.3 Å². The predicted octanol–water partition coefficient (Wildman–Crippen LogP) is -1.79. The molecule has 0 fully saturated rings. The van der Waals surface area contributed by atoms with Gasteiger partial charge in [0.05, 0.1) is 26.2 Å². The second-order valence-electron chi connectivity index (χ2n) is 8.46. The van der Waals surface area contributed by atoms with Crippen LogP contribution in [0, 0.1) is 11.8 Å². The maximum atomic E-state index is 12.3. The van der Waals surface area contributed by atoms with Crippen LogP contribution in [0.3, 0.4) is 0 Å². The number of carboxylic acids is 4. The standard InChI is InChI=1S/C20H34N4O10/c1-11(2)17(19(31)32)21-13(25)7-23(9-15(27)28)5-6-24(10-16(29)30)8-14(26)22-18(12(3)4)20(33)34/h11-12,17-18H,5-10H2,1-4H3,(H,21,25)(H,22,26)(H,27,28)(H,29,30)(H,31,32)(H,33,34). The van der Waals surface area contributed by atoms with Crippen LogP contribution in [0.5, 0.6) is 0 Å². The summed E-state index contributed by atoms with van der Waals surface area (Å²) < 4.78 is 0. The van der Waals surface area contributed by atoms with Crippen molar-refractivity contribution in [3.63, 3.8) is 0 Å². The lowest BCUT2D eigenvalue weighted by Gasteiger charge is -2.26. The molecule has 2 atom stereocenters. The number of carbonyl (C=O) groups is 6. The third-order valence-corrected chi connectivity index (χ3v) is 4.68. The first-order chi connectivity index (χ1) is 15.6. The van der Waals surface area contributed by atoms with E-state index in [2.05, 4.69) is 10.6 Å². The van der Waals surface area contributed by atoms with Crippen molar-refractivity contribution in [1.82, 2.24) is 20.4 Å². The number of hydrogen-bond donors (Lipinski definition) is 6. The maximum Gasteiger partial charge on any atom is 0.326 e. The van der Waals surface area contributed by atoms with Crippen LogP contribution >= 0.6 is 0 Å². The Hall–Kier alpha value is -3.26. The van der Waals surface area contributed by atoms with Crippen LogP contribution in [0.2, 0.25) is 0 Å². The molecule has 0 aliphatic heterocycles. The molecule has 0 aromatic heterocycles. The highest BCUT2D eigenvalue weighted by atomic mass is 16.4. The van der Waals surface area contributed by atoms with Crippen LogP contribution in [0.4, 0.5) is 0 Å². The average Bonchev–Trinajstić information content (AvgIpc) is 2.66. The summed E-state index contributed by atoms with van der Waals surface area (Å²) >= 11 is 0. The molecule has 0 aromatic carbocycles. The van der Waals surface area contributed by atoms with Gasteiger partial charge in [0, 0.05) is 13.1 Å². The van der Waals surface area contributed by atoms with E-state index in [0.717, 1.165) is 9.80 Å². The van der Waals surface area contributed by atoms with E-state index in [0.29, 0.717) is 0 Å². The van der Waals surface area contributed by atoms with Gasteiger partial charge in [-0.25, -0.2) is 9.59 Å². The molecular weight excluding hydrogens is 456 g/mol. The van der Waals surface area contributed by atoms with E-state index in [1.54, 1.807) is 27.7 Å². The van der Waals surface area contributed by atoms with Crippen molar-refractivity contribution in [2.45, 2.75) is 39.8 Å². The molecule has 14 heteroatoms. The van der Waals surface area contributed by atoms with E-state index < -0.39 is 85.8 Å². The molecule has 0 bridgehead atoms. The molecule has 2 unspecified atom stereocenters. The summed E-state index contributed by atoms with van der Waals surface area (Å²) in [5.41, 5.74) is 0. The molecule has 0 saturated heterocycles. The van der Waals surface area contributed by atoms with Crippen molar-refractivity contribution in [1.29, 1.82) is 0 Å². The predicted molar refractivity (Wildman–Crippen MR) is 117 cm³/mol. The lowest BCUT2D eigenvalue weighted by molar-refractivity contribution is -0.144. The van der Waals surface area contributed by atoms with Gasteiger partial charge in [-0.2, -0.15) is 0 Å². The summed E-state index contributed by atoms with van der Waals surface area (Å²) in [6, 6.07) is -2.34. The molecule has 0 radical (unpaired) electrons. The Morgan fingerprint density at radius 2 is 0.882 bits per heavy atom. The van der Waals surface area contributed by atoms with E-state index >= 15 is 0 Å². The van der Waals surface area contributed by atoms with Gasteiger partial charge in [0.2, 0.25) is 11.8 Å². The number of carbonyl (C=O) groups excluding carboxylic acids is 2. The van der Waals surface area contributed by atoms with Gasteiger partial charge in [-0.15, -0.1) is 0 Å². The number of aliphatic carboxylic acids is 4. The first-order valence-electron chi connectivity index (χ1n) is 10.6. The largest absolute Gasteiger partial charge is 0.480 e. The van der Waals surface area contributed by atoms with E-state index in [9.17, 15) is 39.0 Å². The van der Waals surface area contributed by atoms with Crippen LogP contribution in [0.1, 0.15) is 27.7 Å². The molecule has 0 aliphatic carbocycles. The highest BCUT2D eigenvalue weighted by molar-refractivity contribution is 5.86. The summed E-state index contributed by atoms with van der Waals surface area (Å²) in [6.45, 7) is 4.00. The normalized spacial score (nSPS) is 13.1. The zero-order valence-electron chi connectivity index (χ0n) is 19.7. The van der Waals surface area contributed by atoms with Crippen LogP contribution in [-0.4, -0.2) is 117 Å². The maximum absolute atomic E-state index is 12.3. The topological polar surface area (TPSA) is 214 Å². The molecule has 0 heterocycles. The molecule has 2 amide bonds. The van der Waals surface area contributed by atoms with Crippen LogP contribution in [0.25, 0.3) is 0 Å². The number of nitrogens with zero attached hydrogens (tertiary/aromatic N) is 2. The van der Waals surface area contributed by atoms with Gasteiger partial charge in [-0.3, -0.25) is 29.0 Å². The number of carboxylic acid groups (broad SMARTS) is 4. The van der Waals surface area contributed by atoms with Crippen molar-refractivity contribution >= 4 is 35.7 Å². The third-order valence-electron chi connectivity index (χ3n) is 4.68. The second-order valence-corrected chi connectivity index (χ2v) is 8.46. The quantitative estimate of drug-likeness (QED) is 0.133. The first kappa shape index (κ1) is 30.7. The molecule has 34 heavy (non-hydrogen) atoms. The molecule has 194 valence electrons. The minimum atomic E-state index is -1.27. The smallest absolute Gasteiger partial charge is 0.326 e. The van der Waals surface area contributed by atoms with Crippen LogP contribution in [0.15, 0.2) is 0 Å². The van der Waals surface area contributed by atoms with Gasteiger partial charge in [-0.05, 0) is 11.8 Å². The molecule has 0 aliphatic rings. The fourth-order valence-corrected chi connectivity index (χ4v) is 2.96. The molecule has 0 aromatic rings. The van der Waals surface area contributed by atoms with Gasteiger partial charge in [0.15, 0.2) is 0 Å². The van der Waals surface area contributed by atoms with Gasteiger partial charge in [0.1, 0.15) is 12.1 Å². The minimum Gasteiger partial charge on any atom is -0.480 e. The highest BCUT2D eigenvalue weighted by Gasteiger charge is 2.27. The molecule has 14 nitrogen and oxygen atoms in total. The van der Waals surface area contributed by atoms with Crippen molar-refractivity contribution in [3.8, 4) is 0 Å². The van der Waals surface area contributed by atoms with Crippen LogP contribution in [-0.2, 0) is 28.8 Å². The highest BCUT2D eigenvalue weighted by Crippen LogP contribution is 2.03. The molecule has 6 N–H and O–H groups in total. The SMILES string of the molecule is CC(C)C(NC(=O)CN(CCN(CC(=O)O)CC(=O)NC(C(=O)O)C(C)C)CC(=O)O)C(=O)O. The number of nitrogens with one attached hydrogen (secondary N) is 2. The Morgan fingerprint density at radius 3 is 1.09 bits per heavy atom. The summed E-state index contributed by atoms with van der Waals surface area (Å²) in [5.74, 6) is -7.32. The summed E-state index contributed by atoms with van der Waals surface area (Å²) in [7, 11) is 0. The minimum absolute atomic E-state index is 0.133. The Morgan fingerprint density at radius 1 is 0.588 bits per heavy atom. The fraction of sp³-hybridized carbons (Fsp3) is 0.700. The lowest BCUT2D eigenvalue weighted by atomic mass is 10.0. The number of hydrogen-bond acceptors (Lipinski definition) is 8. The van der Waals surface area contributed by atoms with E-state index in [1.807, 2.05) is 0 Å². The van der Waals surface area contributed by atoms with Gasteiger partial charge in [-0.1, -0.05) is 27.7 Å². The van der Waals surface area contributed by atoms with Crippen molar-refractivity contribution < 1.29 is 49.2 Å². The van der Waals surface area contributed by atoms with E-state index in [1.165, 1.54) is 0 Å². The lowest BCUT2D eigenvalue weighted by Crippen LogP contribution is -2.51. The molecule has 0 spiro atoms. The molecule has 0 saturated carbocycles. The Labute approximate surface area is 196 Å². The molecule has 0 rings (SSSR count). The van der Waals surface area contributed by atoms with E-state index in [4.69, 9.17) is 10.2 Å². The monoisotopic (exact) mass is 490 g/mol. The second kappa shape index (κ2) is 14.8. The van der Waals surface area contributed by atoms with Gasteiger partial charge in [0.25, 0.3) is 0 Å². The number of amides is 2. The first-order valence-corrected chi connectivity index (χ1v) is 10.6.